The predicted octanol–water partition coefficient (Wildman–Crippen LogP) is 0.278. The Morgan fingerprint density at radius 1 is 1.38 bits per heavy atom. The lowest BCUT2D eigenvalue weighted by Gasteiger charge is -2.33. The summed E-state index contributed by atoms with van der Waals surface area (Å²) in [4.78, 5) is 33.0. The van der Waals surface area contributed by atoms with E-state index in [-0.39, 0.29) is 23.8 Å². The number of hydrogen-bond acceptors (Lipinski definition) is 5. The standard InChI is InChI=1S/C16H23N5O3/c1-2-13-17-15(19-18-13)12-9-20(5-6-24-12)16(23)10-7-14(22)21(8-10)11-3-4-11/h10-12H,2-9H2,1H3,(H,17,18,19). The van der Waals surface area contributed by atoms with Gasteiger partial charge in [-0.2, -0.15) is 5.10 Å². The number of carbonyl (C=O) groups is 2. The first-order valence-electron chi connectivity index (χ1n) is 8.76. The van der Waals surface area contributed by atoms with E-state index in [0.29, 0.717) is 44.5 Å². The molecule has 0 bridgehead atoms. The highest BCUT2D eigenvalue weighted by Crippen LogP contribution is 2.33. The first kappa shape index (κ1) is 15.6. The highest BCUT2D eigenvalue weighted by Gasteiger charge is 2.43. The number of H-pyrrole nitrogens is 1. The smallest absolute Gasteiger partial charge is 0.228 e. The Morgan fingerprint density at radius 2 is 2.21 bits per heavy atom. The molecule has 8 nitrogen and oxygen atoms in total. The van der Waals surface area contributed by atoms with E-state index in [0.717, 1.165) is 25.1 Å². The number of aromatic amines is 1. The van der Waals surface area contributed by atoms with Crippen molar-refractivity contribution in [3.63, 3.8) is 0 Å². The Labute approximate surface area is 140 Å². The van der Waals surface area contributed by atoms with E-state index >= 15 is 0 Å². The molecule has 2 aliphatic heterocycles. The number of nitrogens with zero attached hydrogens (tertiary/aromatic N) is 4. The van der Waals surface area contributed by atoms with Gasteiger partial charge in [0.1, 0.15) is 11.9 Å². The molecule has 2 amide bonds. The minimum Gasteiger partial charge on any atom is -0.366 e. The van der Waals surface area contributed by atoms with Crippen molar-refractivity contribution in [1.29, 1.82) is 0 Å². The van der Waals surface area contributed by atoms with Crippen molar-refractivity contribution < 1.29 is 14.3 Å². The second kappa shape index (κ2) is 6.16. The summed E-state index contributed by atoms with van der Waals surface area (Å²) in [6.07, 6.45) is 2.99. The van der Waals surface area contributed by atoms with Gasteiger partial charge in [0, 0.05) is 32.0 Å². The number of amides is 2. The molecule has 0 spiro atoms. The van der Waals surface area contributed by atoms with E-state index in [1.165, 1.54) is 0 Å². The minimum absolute atomic E-state index is 0.0612. The quantitative estimate of drug-likeness (QED) is 0.854. The molecule has 2 atom stereocenters. The Balaban J connectivity index is 1.40. The number of hydrogen-bond donors (Lipinski definition) is 1. The van der Waals surface area contributed by atoms with Crippen molar-refractivity contribution in [2.45, 2.75) is 44.8 Å². The van der Waals surface area contributed by atoms with Crippen LogP contribution in [0.25, 0.3) is 0 Å². The molecular formula is C16H23N5O3. The minimum atomic E-state index is -0.295. The van der Waals surface area contributed by atoms with Crippen LogP contribution in [-0.2, 0) is 20.7 Å². The SMILES string of the molecule is CCc1nc(C2CN(C(=O)C3CC(=O)N(C4CC4)C3)CCO2)n[nH]1. The van der Waals surface area contributed by atoms with E-state index in [4.69, 9.17) is 4.74 Å². The van der Waals surface area contributed by atoms with Crippen LogP contribution in [0.3, 0.4) is 0 Å². The molecule has 3 fully saturated rings. The fourth-order valence-electron chi connectivity index (χ4n) is 3.51. The van der Waals surface area contributed by atoms with Crippen molar-refractivity contribution in [2.24, 2.45) is 5.92 Å². The molecule has 3 aliphatic rings. The number of nitrogens with one attached hydrogen (secondary N) is 1. The summed E-state index contributed by atoms with van der Waals surface area (Å²) in [5, 5.41) is 7.08. The summed E-state index contributed by atoms with van der Waals surface area (Å²) in [5.74, 6) is 1.40. The fourth-order valence-corrected chi connectivity index (χ4v) is 3.51. The van der Waals surface area contributed by atoms with Crippen molar-refractivity contribution in [3.05, 3.63) is 11.6 Å². The Morgan fingerprint density at radius 3 is 2.92 bits per heavy atom. The molecule has 1 aromatic heterocycles. The van der Waals surface area contributed by atoms with Gasteiger partial charge in [-0.05, 0) is 12.8 Å². The lowest BCUT2D eigenvalue weighted by molar-refractivity contribution is -0.143. The number of ether oxygens (including phenoxy) is 1. The van der Waals surface area contributed by atoms with Gasteiger partial charge in [-0.1, -0.05) is 6.92 Å². The monoisotopic (exact) mass is 333 g/mol. The molecule has 0 aromatic carbocycles. The molecule has 1 aromatic rings. The molecule has 1 N–H and O–H groups in total. The van der Waals surface area contributed by atoms with Gasteiger partial charge in [0.25, 0.3) is 0 Å². The van der Waals surface area contributed by atoms with Gasteiger partial charge in [0.15, 0.2) is 5.82 Å². The van der Waals surface area contributed by atoms with Crippen LogP contribution in [0.2, 0.25) is 0 Å². The fraction of sp³-hybridized carbons (Fsp3) is 0.750. The van der Waals surface area contributed by atoms with Crippen molar-refractivity contribution in [3.8, 4) is 0 Å². The van der Waals surface area contributed by atoms with Gasteiger partial charge in [0.2, 0.25) is 11.8 Å². The number of aromatic nitrogens is 3. The van der Waals surface area contributed by atoms with Crippen LogP contribution in [0.1, 0.15) is 43.9 Å². The van der Waals surface area contributed by atoms with Crippen molar-refractivity contribution in [1.82, 2.24) is 25.0 Å². The van der Waals surface area contributed by atoms with E-state index in [1.54, 1.807) is 0 Å². The maximum atomic E-state index is 12.8. The average molecular weight is 333 g/mol. The maximum Gasteiger partial charge on any atom is 0.228 e. The van der Waals surface area contributed by atoms with Crippen LogP contribution in [0, 0.1) is 5.92 Å². The Bertz CT molecular complexity index is 641. The zero-order chi connectivity index (χ0) is 16.7. The van der Waals surface area contributed by atoms with E-state index in [2.05, 4.69) is 15.2 Å². The second-order valence-electron chi connectivity index (χ2n) is 6.82. The molecule has 24 heavy (non-hydrogen) atoms. The lowest BCUT2D eigenvalue weighted by Crippen LogP contribution is -2.45. The van der Waals surface area contributed by atoms with Crippen LogP contribution in [0.4, 0.5) is 0 Å². The third-order valence-electron chi connectivity index (χ3n) is 5.05. The first-order chi connectivity index (χ1) is 11.7. The van der Waals surface area contributed by atoms with Crippen LogP contribution >= 0.6 is 0 Å². The lowest BCUT2D eigenvalue weighted by atomic mass is 10.1. The van der Waals surface area contributed by atoms with Crippen LogP contribution < -0.4 is 0 Å². The second-order valence-corrected chi connectivity index (χ2v) is 6.82. The molecule has 3 heterocycles. The Kier molecular flexibility index (Phi) is 3.99. The third-order valence-corrected chi connectivity index (χ3v) is 5.05. The summed E-state index contributed by atoms with van der Waals surface area (Å²) in [6.45, 7) is 4.07. The number of aryl methyl sites for hydroxylation is 1. The normalized spacial score (nSPS) is 27.8. The molecule has 130 valence electrons. The molecule has 2 saturated heterocycles. The number of morpholine rings is 1. The van der Waals surface area contributed by atoms with Gasteiger partial charge in [0.05, 0.1) is 19.1 Å². The summed E-state index contributed by atoms with van der Waals surface area (Å²) in [6, 6.07) is 0.383. The summed E-state index contributed by atoms with van der Waals surface area (Å²) in [7, 11) is 0. The highest BCUT2D eigenvalue weighted by molar-refractivity contribution is 5.89. The number of carbonyl (C=O) groups excluding carboxylic acids is 2. The van der Waals surface area contributed by atoms with Gasteiger partial charge in [-0.15, -0.1) is 0 Å². The zero-order valence-electron chi connectivity index (χ0n) is 13.9. The van der Waals surface area contributed by atoms with E-state index in [1.807, 2.05) is 16.7 Å². The van der Waals surface area contributed by atoms with Gasteiger partial charge in [-0.3, -0.25) is 14.7 Å². The van der Waals surface area contributed by atoms with E-state index < -0.39 is 0 Å². The molecule has 4 rings (SSSR count). The molecular weight excluding hydrogens is 310 g/mol. The molecule has 2 unspecified atom stereocenters. The topological polar surface area (TPSA) is 91.4 Å². The molecule has 8 heteroatoms. The molecule has 1 saturated carbocycles. The van der Waals surface area contributed by atoms with Crippen molar-refractivity contribution >= 4 is 11.8 Å². The summed E-state index contributed by atoms with van der Waals surface area (Å²) < 4.78 is 5.74. The van der Waals surface area contributed by atoms with Gasteiger partial charge < -0.3 is 14.5 Å². The predicted molar refractivity (Wildman–Crippen MR) is 83.9 cm³/mol. The summed E-state index contributed by atoms with van der Waals surface area (Å²) in [5.41, 5.74) is 0. The van der Waals surface area contributed by atoms with Crippen LogP contribution in [0.5, 0.6) is 0 Å². The van der Waals surface area contributed by atoms with E-state index in [9.17, 15) is 9.59 Å². The van der Waals surface area contributed by atoms with Crippen molar-refractivity contribution in [2.75, 3.05) is 26.2 Å². The van der Waals surface area contributed by atoms with Gasteiger partial charge in [-0.25, -0.2) is 4.98 Å². The molecule has 1 aliphatic carbocycles. The maximum absolute atomic E-state index is 12.8. The largest absolute Gasteiger partial charge is 0.366 e. The summed E-state index contributed by atoms with van der Waals surface area (Å²) >= 11 is 0. The highest BCUT2D eigenvalue weighted by atomic mass is 16.5. The average Bonchev–Trinajstić information content (AvgIpc) is 3.19. The number of rotatable bonds is 4. The molecule has 0 radical (unpaired) electrons. The Hall–Kier alpha value is -1.96. The van der Waals surface area contributed by atoms with Crippen LogP contribution in [-0.4, -0.2) is 69.1 Å². The zero-order valence-corrected chi connectivity index (χ0v) is 13.9. The first-order valence-corrected chi connectivity index (χ1v) is 8.76. The van der Waals surface area contributed by atoms with Crippen LogP contribution in [0.15, 0.2) is 0 Å². The van der Waals surface area contributed by atoms with Gasteiger partial charge >= 0.3 is 0 Å². The number of likely N-dealkylation sites (tertiary alicyclic amines) is 1. The third kappa shape index (κ3) is 2.90.